The number of likely N-dealkylation sites (tertiary alicyclic amines) is 1. The minimum Gasteiger partial charge on any atom is -0.309 e. The summed E-state index contributed by atoms with van der Waals surface area (Å²) in [6, 6.07) is 11.3. The Labute approximate surface area is 156 Å². The van der Waals surface area contributed by atoms with Gasteiger partial charge in [0, 0.05) is 12.8 Å². The Balaban J connectivity index is 1.60. The lowest BCUT2D eigenvalue weighted by Crippen LogP contribution is -3.09. The molecule has 0 aliphatic carbocycles. The molecule has 1 fully saturated rings. The van der Waals surface area contributed by atoms with E-state index < -0.39 is 0 Å². The number of benzene rings is 1. The van der Waals surface area contributed by atoms with E-state index in [0.29, 0.717) is 10.8 Å². The van der Waals surface area contributed by atoms with E-state index >= 15 is 0 Å². The molecule has 0 radical (unpaired) electrons. The van der Waals surface area contributed by atoms with Crippen LogP contribution in [0.4, 0.5) is 0 Å². The summed E-state index contributed by atoms with van der Waals surface area (Å²) in [6.45, 7) is 6.10. The summed E-state index contributed by atoms with van der Waals surface area (Å²) < 4.78 is 4.30. The van der Waals surface area contributed by atoms with Crippen molar-refractivity contribution in [2.75, 3.05) is 6.54 Å². The topological polar surface area (TPSA) is 40.1 Å². The zero-order valence-electron chi connectivity index (χ0n) is 14.5. The van der Waals surface area contributed by atoms with E-state index in [1.165, 1.54) is 33.7 Å². The third kappa shape index (κ3) is 3.31. The molecule has 7 heteroatoms. The van der Waals surface area contributed by atoms with Gasteiger partial charge in [-0.1, -0.05) is 12.1 Å². The molecule has 5 nitrogen and oxygen atoms in total. The van der Waals surface area contributed by atoms with Crippen molar-refractivity contribution in [1.82, 2.24) is 19.8 Å². The van der Waals surface area contributed by atoms with Gasteiger partial charge < -0.3 is 4.90 Å². The summed E-state index contributed by atoms with van der Waals surface area (Å²) in [5, 5.41) is 10.8. The van der Waals surface area contributed by atoms with Crippen LogP contribution in [0.3, 0.4) is 0 Å². The molecule has 1 aromatic carbocycles. The van der Waals surface area contributed by atoms with Crippen molar-refractivity contribution in [1.29, 1.82) is 0 Å². The minimum atomic E-state index is 0.549. The molecule has 130 valence electrons. The first kappa shape index (κ1) is 16.6. The number of aromatic nitrogens is 4. The van der Waals surface area contributed by atoms with Gasteiger partial charge in [0.15, 0.2) is 6.67 Å². The highest BCUT2D eigenvalue weighted by molar-refractivity contribution is 7.71. The largest absolute Gasteiger partial charge is 0.309 e. The van der Waals surface area contributed by atoms with E-state index in [1.54, 1.807) is 4.68 Å². The van der Waals surface area contributed by atoms with E-state index in [2.05, 4.69) is 60.0 Å². The van der Waals surface area contributed by atoms with Gasteiger partial charge in [-0.2, -0.15) is 9.36 Å². The summed E-state index contributed by atoms with van der Waals surface area (Å²) in [5.74, 6) is 0. The van der Waals surface area contributed by atoms with Crippen LogP contribution >= 0.6 is 23.6 Å². The predicted molar refractivity (Wildman–Crippen MR) is 102 cm³/mol. The molecule has 4 rings (SSSR count). The standard InChI is InChI=1S/C18H21N5S2/c1-13-9-14(2)11-15(10-13)23-18(24)22(19-20-23)12-21-7-3-5-16(21)17-6-4-8-25-17/h4,6,8-11,16H,3,5,7,12H2,1-2H3/p+1/t16-/m1/s1. The summed E-state index contributed by atoms with van der Waals surface area (Å²) in [6.07, 6.45) is 2.48. The highest BCUT2D eigenvalue weighted by Crippen LogP contribution is 2.23. The molecule has 0 saturated carbocycles. The molecule has 25 heavy (non-hydrogen) atoms. The number of hydrogen-bond acceptors (Lipinski definition) is 4. The number of hydrogen-bond donors (Lipinski definition) is 1. The first-order valence-electron chi connectivity index (χ1n) is 8.61. The molecule has 2 atom stereocenters. The van der Waals surface area contributed by atoms with Crippen LogP contribution in [0.1, 0.15) is 34.9 Å². The maximum absolute atomic E-state index is 5.66. The van der Waals surface area contributed by atoms with Crippen molar-refractivity contribution >= 4 is 23.6 Å². The second-order valence-corrected chi connectivity index (χ2v) is 8.14. The summed E-state index contributed by atoms with van der Waals surface area (Å²) >= 11 is 7.50. The molecule has 1 N–H and O–H groups in total. The van der Waals surface area contributed by atoms with Crippen LogP contribution in [0.25, 0.3) is 5.69 Å². The van der Waals surface area contributed by atoms with Crippen LogP contribution < -0.4 is 4.90 Å². The van der Waals surface area contributed by atoms with Crippen molar-refractivity contribution in [2.24, 2.45) is 0 Å². The van der Waals surface area contributed by atoms with Gasteiger partial charge in [-0.3, -0.25) is 0 Å². The molecule has 0 spiro atoms. The van der Waals surface area contributed by atoms with Crippen LogP contribution in [0.15, 0.2) is 35.7 Å². The average molecular weight is 373 g/mol. The molecule has 2 aromatic heterocycles. The molecule has 0 amide bonds. The monoisotopic (exact) mass is 372 g/mol. The van der Waals surface area contributed by atoms with E-state index in [0.717, 1.165) is 18.9 Å². The molecule has 1 aliphatic heterocycles. The van der Waals surface area contributed by atoms with Crippen molar-refractivity contribution in [3.8, 4) is 5.69 Å². The quantitative estimate of drug-likeness (QED) is 0.716. The molecular formula is C18H22N5S2+. The molecular weight excluding hydrogens is 350 g/mol. The fourth-order valence-electron chi connectivity index (χ4n) is 3.73. The van der Waals surface area contributed by atoms with Crippen LogP contribution in [-0.4, -0.2) is 26.3 Å². The normalized spacial score (nSPS) is 20.2. The van der Waals surface area contributed by atoms with Crippen LogP contribution in [0.2, 0.25) is 0 Å². The average Bonchev–Trinajstić information content (AvgIpc) is 3.29. The van der Waals surface area contributed by atoms with Gasteiger partial charge in [0.2, 0.25) is 4.77 Å². The molecule has 0 bridgehead atoms. The first-order valence-corrected chi connectivity index (χ1v) is 9.90. The number of quaternary nitrogens is 1. The van der Waals surface area contributed by atoms with Crippen molar-refractivity contribution in [3.63, 3.8) is 0 Å². The number of nitrogens with zero attached hydrogens (tertiary/aromatic N) is 4. The molecule has 1 unspecified atom stereocenters. The SMILES string of the molecule is Cc1cc(C)cc(-n2nnn(C[NH+]3CCC[C@@H]3c3cccs3)c2=S)c1. The summed E-state index contributed by atoms with van der Waals surface area (Å²) in [4.78, 5) is 2.98. The van der Waals surface area contributed by atoms with Gasteiger partial charge in [0.05, 0.1) is 17.1 Å². The van der Waals surface area contributed by atoms with E-state index in [4.69, 9.17) is 12.2 Å². The lowest BCUT2D eigenvalue weighted by molar-refractivity contribution is -0.941. The van der Waals surface area contributed by atoms with Crippen molar-refractivity contribution in [2.45, 2.75) is 39.4 Å². The Bertz CT molecular complexity index is 905. The fraction of sp³-hybridized carbons (Fsp3) is 0.389. The Kier molecular flexibility index (Phi) is 4.54. The molecule has 1 aliphatic rings. The predicted octanol–water partition coefficient (Wildman–Crippen LogP) is 2.85. The third-order valence-corrected chi connectivity index (χ3v) is 6.18. The maximum Gasteiger partial charge on any atom is 0.225 e. The van der Waals surface area contributed by atoms with Gasteiger partial charge in [0.25, 0.3) is 0 Å². The van der Waals surface area contributed by atoms with E-state index in [-0.39, 0.29) is 0 Å². The Morgan fingerprint density at radius 2 is 2.04 bits per heavy atom. The maximum atomic E-state index is 5.66. The second kappa shape index (κ2) is 6.82. The Morgan fingerprint density at radius 1 is 1.24 bits per heavy atom. The highest BCUT2D eigenvalue weighted by atomic mass is 32.1. The molecule has 3 aromatic rings. The molecule has 3 heterocycles. The zero-order chi connectivity index (χ0) is 17.4. The Hall–Kier alpha value is -1.83. The molecule has 1 saturated heterocycles. The number of thiophene rings is 1. The fourth-order valence-corrected chi connectivity index (χ4v) is 4.90. The van der Waals surface area contributed by atoms with Crippen molar-refractivity contribution in [3.05, 3.63) is 56.5 Å². The number of tetrazole rings is 1. The van der Waals surface area contributed by atoms with Gasteiger partial charge in [-0.25, -0.2) is 0 Å². The highest BCUT2D eigenvalue weighted by Gasteiger charge is 2.31. The van der Waals surface area contributed by atoms with E-state index in [1.807, 2.05) is 16.0 Å². The number of nitrogens with one attached hydrogen (secondary N) is 1. The van der Waals surface area contributed by atoms with E-state index in [9.17, 15) is 0 Å². The summed E-state index contributed by atoms with van der Waals surface area (Å²) in [5.41, 5.74) is 3.39. The smallest absolute Gasteiger partial charge is 0.225 e. The third-order valence-electron chi connectivity index (χ3n) is 4.81. The lowest BCUT2D eigenvalue weighted by Gasteiger charge is -2.19. The number of aryl methyl sites for hydroxylation is 2. The summed E-state index contributed by atoms with van der Waals surface area (Å²) in [7, 11) is 0. The first-order chi connectivity index (χ1) is 12.1. The van der Waals surface area contributed by atoms with Crippen LogP contribution in [-0.2, 0) is 6.67 Å². The van der Waals surface area contributed by atoms with Gasteiger partial charge in [-0.05, 0) is 71.2 Å². The van der Waals surface area contributed by atoms with Crippen LogP contribution in [0, 0.1) is 18.6 Å². The Morgan fingerprint density at radius 3 is 2.76 bits per heavy atom. The van der Waals surface area contributed by atoms with Crippen LogP contribution in [0.5, 0.6) is 0 Å². The zero-order valence-corrected chi connectivity index (χ0v) is 16.1. The van der Waals surface area contributed by atoms with Gasteiger partial charge in [-0.15, -0.1) is 11.3 Å². The lowest BCUT2D eigenvalue weighted by atomic mass is 10.1. The van der Waals surface area contributed by atoms with Gasteiger partial charge >= 0.3 is 0 Å². The second-order valence-electron chi connectivity index (χ2n) is 6.80. The van der Waals surface area contributed by atoms with Gasteiger partial charge in [0.1, 0.15) is 6.04 Å². The number of rotatable bonds is 4. The van der Waals surface area contributed by atoms with Crippen molar-refractivity contribution < 1.29 is 4.90 Å². The minimum absolute atomic E-state index is 0.549.